The maximum Gasteiger partial charge on any atom is 0.290 e. The lowest BCUT2D eigenvalue weighted by molar-refractivity contribution is -0.115. The first-order valence-corrected chi connectivity index (χ1v) is 6.19. The topological polar surface area (TPSA) is 46.2 Å². The number of benzene rings is 1. The Morgan fingerprint density at radius 1 is 1.25 bits per heavy atom. The molecule has 0 atom stereocenters. The minimum Gasteiger partial charge on any atom is -0.282 e. The fourth-order valence-corrected chi connectivity index (χ4v) is 2.40. The summed E-state index contributed by atoms with van der Waals surface area (Å²) in [6.07, 6.45) is 0. The smallest absolute Gasteiger partial charge is 0.282 e. The van der Waals surface area contributed by atoms with Gasteiger partial charge in [0.2, 0.25) is 0 Å². The summed E-state index contributed by atoms with van der Waals surface area (Å²) in [4.78, 5) is 23.0. The normalized spacial score (nSPS) is 18.6. The molecule has 1 aliphatic heterocycles. The van der Waals surface area contributed by atoms with Gasteiger partial charge in [0.25, 0.3) is 11.1 Å². The van der Waals surface area contributed by atoms with E-state index >= 15 is 0 Å². The molecule has 2 rings (SSSR count). The lowest BCUT2D eigenvalue weighted by Gasteiger charge is -2.03. The highest BCUT2D eigenvalue weighted by molar-refractivity contribution is 9.10. The summed E-state index contributed by atoms with van der Waals surface area (Å²) >= 11 is 4.29. The van der Waals surface area contributed by atoms with Gasteiger partial charge in [-0.3, -0.25) is 14.9 Å². The molecule has 16 heavy (non-hydrogen) atoms. The van der Waals surface area contributed by atoms with Crippen LogP contribution in [0.5, 0.6) is 0 Å². The summed E-state index contributed by atoms with van der Waals surface area (Å²) < 4.78 is 0.980. The van der Waals surface area contributed by atoms with E-state index in [0.717, 1.165) is 27.4 Å². The highest BCUT2D eigenvalue weighted by Gasteiger charge is 2.27. The van der Waals surface area contributed by atoms with E-state index in [9.17, 15) is 9.59 Å². The van der Waals surface area contributed by atoms with Crippen molar-refractivity contribution in [2.45, 2.75) is 6.92 Å². The predicted octanol–water partition coefficient (Wildman–Crippen LogP) is 3.16. The molecule has 1 saturated heterocycles. The van der Waals surface area contributed by atoms with E-state index in [2.05, 4.69) is 21.2 Å². The number of halogens is 1. The Hall–Kier alpha value is -1.07. The van der Waals surface area contributed by atoms with Gasteiger partial charge in [-0.2, -0.15) is 0 Å². The van der Waals surface area contributed by atoms with Crippen LogP contribution in [-0.2, 0) is 4.79 Å². The third-order valence-corrected chi connectivity index (χ3v) is 3.75. The quantitative estimate of drug-likeness (QED) is 0.810. The highest BCUT2D eigenvalue weighted by Crippen LogP contribution is 2.31. The number of imide groups is 1. The van der Waals surface area contributed by atoms with E-state index in [4.69, 9.17) is 0 Å². The number of carbonyl (C=O) groups is 2. The number of allylic oxidation sites excluding steroid dienone is 1. The molecule has 0 spiro atoms. The molecule has 1 N–H and O–H groups in total. The molecular weight excluding hydrogens is 290 g/mol. The van der Waals surface area contributed by atoms with Crippen LogP contribution < -0.4 is 5.32 Å². The molecule has 1 aromatic carbocycles. The second-order valence-corrected chi connectivity index (χ2v) is 5.20. The number of amides is 2. The number of hydrogen-bond acceptors (Lipinski definition) is 3. The molecule has 0 bridgehead atoms. The zero-order chi connectivity index (χ0) is 11.7. The Labute approximate surface area is 105 Å². The molecule has 5 heteroatoms. The first-order chi connectivity index (χ1) is 7.58. The molecule has 0 unspecified atom stereocenters. The van der Waals surface area contributed by atoms with Crippen molar-refractivity contribution in [2.75, 3.05) is 0 Å². The number of hydrogen-bond donors (Lipinski definition) is 1. The molecule has 0 saturated carbocycles. The van der Waals surface area contributed by atoms with E-state index in [1.807, 2.05) is 31.2 Å². The van der Waals surface area contributed by atoms with Crippen molar-refractivity contribution in [3.63, 3.8) is 0 Å². The Bertz CT molecular complexity index is 493. The van der Waals surface area contributed by atoms with Crippen LogP contribution in [0, 0.1) is 0 Å². The predicted molar refractivity (Wildman–Crippen MR) is 67.9 cm³/mol. The van der Waals surface area contributed by atoms with Crippen molar-refractivity contribution >= 4 is 44.4 Å². The van der Waals surface area contributed by atoms with Crippen molar-refractivity contribution < 1.29 is 9.59 Å². The molecule has 1 aliphatic rings. The molecule has 0 aliphatic carbocycles. The molecule has 82 valence electrons. The zero-order valence-corrected chi connectivity index (χ0v) is 10.8. The molecule has 2 amide bonds. The first kappa shape index (κ1) is 11.4. The van der Waals surface area contributed by atoms with E-state index in [-0.39, 0.29) is 11.1 Å². The molecule has 0 radical (unpaired) electrons. The average molecular weight is 298 g/mol. The van der Waals surface area contributed by atoms with Gasteiger partial charge >= 0.3 is 0 Å². The van der Waals surface area contributed by atoms with Gasteiger partial charge in [0, 0.05) is 4.47 Å². The van der Waals surface area contributed by atoms with Crippen LogP contribution in [0.3, 0.4) is 0 Å². The maximum atomic E-state index is 11.4. The van der Waals surface area contributed by atoms with Crippen LogP contribution >= 0.6 is 27.7 Å². The van der Waals surface area contributed by atoms with Crippen LogP contribution in [0.15, 0.2) is 33.6 Å². The number of carbonyl (C=O) groups excluding carboxylic acids is 2. The van der Waals surface area contributed by atoms with Gasteiger partial charge in [0.05, 0.1) is 4.91 Å². The minimum absolute atomic E-state index is 0.309. The van der Waals surface area contributed by atoms with Crippen molar-refractivity contribution in [1.82, 2.24) is 5.32 Å². The molecule has 1 heterocycles. The Morgan fingerprint density at radius 3 is 2.38 bits per heavy atom. The van der Waals surface area contributed by atoms with Crippen molar-refractivity contribution in [2.24, 2.45) is 0 Å². The largest absolute Gasteiger partial charge is 0.290 e. The summed E-state index contributed by atoms with van der Waals surface area (Å²) in [7, 11) is 0. The van der Waals surface area contributed by atoms with Crippen LogP contribution in [0.2, 0.25) is 0 Å². The van der Waals surface area contributed by atoms with Gasteiger partial charge in [-0.05, 0) is 42.0 Å². The van der Waals surface area contributed by atoms with Gasteiger partial charge in [-0.15, -0.1) is 0 Å². The highest BCUT2D eigenvalue weighted by atomic mass is 79.9. The summed E-state index contributed by atoms with van der Waals surface area (Å²) in [5.41, 5.74) is 1.76. The van der Waals surface area contributed by atoms with Gasteiger partial charge in [0.1, 0.15) is 0 Å². The summed E-state index contributed by atoms with van der Waals surface area (Å²) in [6, 6.07) is 7.61. The van der Waals surface area contributed by atoms with Crippen molar-refractivity contribution in [1.29, 1.82) is 0 Å². The maximum absolute atomic E-state index is 11.4. The fraction of sp³-hybridized carbons (Fsp3) is 0.0909. The van der Waals surface area contributed by atoms with E-state index < -0.39 is 0 Å². The molecule has 0 aromatic heterocycles. The summed E-state index contributed by atoms with van der Waals surface area (Å²) in [6.45, 7) is 1.84. The summed E-state index contributed by atoms with van der Waals surface area (Å²) in [5, 5.41) is 1.94. The van der Waals surface area contributed by atoms with E-state index in [1.165, 1.54) is 0 Å². The Balaban J connectivity index is 2.41. The Morgan fingerprint density at radius 2 is 1.88 bits per heavy atom. The molecule has 1 fully saturated rings. The standard InChI is InChI=1S/C11H8BrNO2S/c1-6(7-2-4-8(12)5-3-7)9-10(14)13-11(15)16-9/h2-5H,1H3,(H,13,14,15). The number of rotatable bonds is 1. The second kappa shape index (κ2) is 4.43. The van der Waals surface area contributed by atoms with Crippen molar-refractivity contribution in [3.8, 4) is 0 Å². The van der Waals surface area contributed by atoms with Gasteiger partial charge in [0.15, 0.2) is 0 Å². The summed E-state index contributed by atoms with van der Waals surface area (Å²) in [5.74, 6) is -0.310. The molecular formula is C11H8BrNO2S. The van der Waals surface area contributed by atoms with Gasteiger partial charge in [-0.25, -0.2) is 0 Å². The van der Waals surface area contributed by atoms with E-state index in [1.54, 1.807) is 0 Å². The van der Waals surface area contributed by atoms with Gasteiger partial charge < -0.3 is 0 Å². The first-order valence-electron chi connectivity index (χ1n) is 4.58. The zero-order valence-electron chi connectivity index (χ0n) is 8.41. The molecule has 1 aromatic rings. The fourth-order valence-electron chi connectivity index (χ4n) is 1.39. The Kier molecular flexibility index (Phi) is 3.16. The second-order valence-electron chi connectivity index (χ2n) is 3.30. The van der Waals surface area contributed by atoms with Crippen LogP contribution in [0.1, 0.15) is 12.5 Å². The van der Waals surface area contributed by atoms with E-state index in [0.29, 0.717) is 4.91 Å². The number of nitrogens with one attached hydrogen (secondary N) is 1. The van der Waals surface area contributed by atoms with Crippen LogP contribution in [0.25, 0.3) is 5.57 Å². The minimum atomic E-state index is -0.310. The van der Waals surface area contributed by atoms with Gasteiger partial charge in [-0.1, -0.05) is 28.1 Å². The van der Waals surface area contributed by atoms with Crippen molar-refractivity contribution in [3.05, 3.63) is 39.2 Å². The van der Waals surface area contributed by atoms with Crippen LogP contribution in [-0.4, -0.2) is 11.1 Å². The van der Waals surface area contributed by atoms with Crippen LogP contribution in [0.4, 0.5) is 4.79 Å². The third-order valence-electron chi connectivity index (χ3n) is 2.23. The molecule has 3 nitrogen and oxygen atoms in total. The lowest BCUT2D eigenvalue weighted by Crippen LogP contribution is -2.18. The monoisotopic (exact) mass is 297 g/mol. The lowest BCUT2D eigenvalue weighted by atomic mass is 10.1. The average Bonchev–Trinajstić information content (AvgIpc) is 2.58. The SMILES string of the molecule is CC(=C1SC(=O)NC1=O)c1ccc(Br)cc1. The third kappa shape index (κ3) is 2.20. The number of thioether (sulfide) groups is 1.